The van der Waals surface area contributed by atoms with Crippen LogP contribution in [0.15, 0.2) is 54.6 Å². The highest BCUT2D eigenvalue weighted by atomic mass is 35.5. The Morgan fingerprint density at radius 3 is 1.95 bits per heavy atom. The van der Waals surface area contributed by atoms with Gasteiger partial charge in [-0.3, -0.25) is 5.32 Å². The van der Waals surface area contributed by atoms with Crippen LogP contribution in [-0.2, 0) is 0 Å². The molecule has 2 rings (SSSR count). The number of benzene rings is 2. The molecule has 0 fully saturated rings. The van der Waals surface area contributed by atoms with Gasteiger partial charge < -0.3 is 10.2 Å². The minimum absolute atomic E-state index is 0.0993. The van der Waals surface area contributed by atoms with E-state index in [1.165, 1.54) is 0 Å². The summed E-state index contributed by atoms with van der Waals surface area (Å²) in [7, 11) is 0. The fourth-order valence-corrected chi connectivity index (χ4v) is 2.21. The van der Waals surface area contributed by atoms with Gasteiger partial charge in [0.25, 0.3) is 0 Å². The Balaban J connectivity index is 2.31. The first kappa shape index (κ1) is 15.0. The molecule has 20 heavy (non-hydrogen) atoms. The van der Waals surface area contributed by atoms with E-state index in [0.717, 1.165) is 11.1 Å². The fraction of sp³-hybridized carbons (Fsp3) is 0.250. The molecular formula is C16H18ClNO2. The predicted octanol–water partition coefficient (Wildman–Crippen LogP) is 2.37. The van der Waals surface area contributed by atoms with Crippen molar-refractivity contribution < 1.29 is 10.2 Å². The molecule has 4 heteroatoms. The summed E-state index contributed by atoms with van der Waals surface area (Å²) in [5.41, 5.74) is 2.11. The van der Waals surface area contributed by atoms with Gasteiger partial charge in [-0.1, -0.05) is 54.1 Å². The van der Waals surface area contributed by atoms with Crippen LogP contribution in [-0.4, -0.2) is 29.5 Å². The lowest BCUT2D eigenvalue weighted by molar-refractivity contribution is 0.165. The van der Waals surface area contributed by atoms with E-state index in [0.29, 0.717) is 5.02 Å². The first-order chi connectivity index (χ1) is 9.74. The normalized spacial score (nSPS) is 12.6. The summed E-state index contributed by atoms with van der Waals surface area (Å²) < 4.78 is 0. The lowest BCUT2D eigenvalue weighted by Gasteiger charge is -2.24. The third kappa shape index (κ3) is 3.81. The van der Waals surface area contributed by atoms with Crippen molar-refractivity contribution in [1.29, 1.82) is 0 Å². The smallest absolute Gasteiger partial charge is 0.0607 e. The summed E-state index contributed by atoms with van der Waals surface area (Å²) in [6, 6.07) is 17.0. The van der Waals surface area contributed by atoms with Crippen LogP contribution in [0.5, 0.6) is 0 Å². The third-order valence-corrected chi connectivity index (χ3v) is 3.43. The standard InChI is InChI=1S/C16H18ClNO2/c17-14-8-6-13(7-9-14)16(18-15(10-19)11-20)12-4-2-1-3-5-12/h1-9,15-16,18-20H,10-11H2/t16-/m0/s1. The second kappa shape index (κ2) is 7.41. The zero-order valence-electron chi connectivity index (χ0n) is 11.0. The van der Waals surface area contributed by atoms with Crippen molar-refractivity contribution in [1.82, 2.24) is 5.32 Å². The van der Waals surface area contributed by atoms with Crippen LogP contribution in [0, 0.1) is 0 Å². The lowest BCUT2D eigenvalue weighted by Crippen LogP contribution is -2.38. The van der Waals surface area contributed by atoms with Crippen LogP contribution in [0.4, 0.5) is 0 Å². The van der Waals surface area contributed by atoms with Crippen LogP contribution in [0.2, 0.25) is 5.02 Å². The van der Waals surface area contributed by atoms with Crippen LogP contribution >= 0.6 is 11.6 Å². The molecule has 0 radical (unpaired) electrons. The number of hydrogen-bond acceptors (Lipinski definition) is 3. The molecule has 3 N–H and O–H groups in total. The van der Waals surface area contributed by atoms with Crippen molar-refractivity contribution in [3.8, 4) is 0 Å². The highest BCUT2D eigenvalue weighted by molar-refractivity contribution is 6.30. The molecule has 0 saturated carbocycles. The van der Waals surface area contributed by atoms with Crippen molar-refractivity contribution >= 4 is 11.6 Å². The SMILES string of the molecule is OCC(CO)N[C@@H](c1ccccc1)c1ccc(Cl)cc1. The number of rotatable bonds is 6. The molecule has 0 aromatic heterocycles. The van der Waals surface area contributed by atoms with E-state index < -0.39 is 0 Å². The number of nitrogens with one attached hydrogen (secondary N) is 1. The van der Waals surface area contributed by atoms with E-state index in [2.05, 4.69) is 5.32 Å². The molecule has 0 aliphatic heterocycles. The zero-order valence-corrected chi connectivity index (χ0v) is 11.8. The maximum absolute atomic E-state index is 9.27. The first-order valence-corrected chi connectivity index (χ1v) is 6.90. The lowest BCUT2D eigenvalue weighted by atomic mass is 9.98. The highest BCUT2D eigenvalue weighted by Gasteiger charge is 2.17. The average molecular weight is 292 g/mol. The maximum Gasteiger partial charge on any atom is 0.0607 e. The quantitative estimate of drug-likeness (QED) is 0.766. The van der Waals surface area contributed by atoms with Crippen LogP contribution < -0.4 is 5.32 Å². The highest BCUT2D eigenvalue weighted by Crippen LogP contribution is 2.24. The van der Waals surface area contributed by atoms with Gasteiger partial charge in [-0.05, 0) is 23.3 Å². The van der Waals surface area contributed by atoms with E-state index in [4.69, 9.17) is 11.6 Å². The van der Waals surface area contributed by atoms with E-state index in [1.54, 1.807) is 0 Å². The van der Waals surface area contributed by atoms with E-state index in [-0.39, 0.29) is 25.3 Å². The molecule has 0 bridgehead atoms. The number of hydrogen-bond donors (Lipinski definition) is 3. The van der Waals surface area contributed by atoms with Crippen molar-refractivity contribution in [3.05, 3.63) is 70.7 Å². The van der Waals surface area contributed by atoms with E-state index in [9.17, 15) is 10.2 Å². The van der Waals surface area contributed by atoms with Gasteiger partial charge in [0.2, 0.25) is 0 Å². The fourth-order valence-electron chi connectivity index (χ4n) is 2.08. The molecule has 3 nitrogen and oxygen atoms in total. The molecule has 2 aromatic rings. The number of aliphatic hydroxyl groups excluding tert-OH is 2. The molecule has 1 atom stereocenters. The molecule has 0 saturated heterocycles. The molecule has 0 amide bonds. The molecule has 0 heterocycles. The Morgan fingerprint density at radius 2 is 1.40 bits per heavy atom. The van der Waals surface area contributed by atoms with Gasteiger partial charge in [0, 0.05) is 5.02 Å². The van der Waals surface area contributed by atoms with Crippen LogP contribution in [0.25, 0.3) is 0 Å². The Hall–Kier alpha value is -1.39. The van der Waals surface area contributed by atoms with Gasteiger partial charge in [-0.2, -0.15) is 0 Å². The topological polar surface area (TPSA) is 52.5 Å². The molecular weight excluding hydrogens is 274 g/mol. The van der Waals surface area contributed by atoms with Gasteiger partial charge in [-0.25, -0.2) is 0 Å². The summed E-state index contributed by atoms with van der Waals surface area (Å²) in [4.78, 5) is 0. The summed E-state index contributed by atoms with van der Waals surface area (Å²) in [6.07, 6.45) is 0. The molecule has 106 valence electrons. The minimum Gasteiger partial charge on any atom is -0.395 e. The number of aliphatic hydroxyl groups is 2. The summed E-state index contributed by atoms with van der Waals surface area (Å²) >= 11 is 5.92. The van der Waals surface area contributed by atoms with Crippen LogP contribution in [0.3, 0.4) is 0 Å². The monoisotopic (exact) mass is 291 g/mol. The number of halogens is 1. The van der Waals surface area contributed by atoms with Gasteiger partial charge in [-0.15, -0.1) is 0 Å². The Morgan fingerprint density at radius 1 is 0.850 bits per heavy atom. The first-order valence-electron chi connectivity index (χ1n) is 6.52. The maximum atomic E-state index is 9.27. The average Bonchev–Trinajstić information content (AvgIpc) is 2.51. The van der Waals surface area contributed by atoms with Crippen molar-refractivity contribution in [2.45, 2.75) is 12.1 Å². The molecule has 2 aromatic carbocycles. The van der Waals surface area contributed by atoms with Crippen molar-refractivity contribution in [3.63, 3.8) is 0 Å². The van der Waals surface area contributed by atoms with E-state index >= 15 is 0 Å². The van der Waals surface area contributed by atoms with Crippen molar-refractivity contribution in [2.75, 3.05) is 13.2 Å². The second-order valence-electron chi connectivity index (χ2n) is 4.62. The Bertz CT molecular complexity index is 512. The Labute approximate surface area is 123 Å². The predicted molar refractivity (Wildman–Crippen MR) is 80.8 cm³/mol. The van der Waals surface area contributed by atoms with Gasteiger partial charge in [0.05, 0.1) is 25.3 Å². The van der Waals surface area contributed by atoms with Crippen LogP contribution in [0.1, 0.15) is 17.2 Å². The Kier molecular flexibility index (Phi) is 5.56. The summed E-state index contributed by atoms with van der Waals surface area (Å²) in [6.45, 7) is -0.235. The largest absolute Gasteiger partial charge is 0.395 e. The van der Waals surface area contributed by atoms with Gasteiger partial charge in [0.1, 0.15) is 0 Å². The zero-order chi connectivity index (χ0) is 14.4. The van der Waals surface area contributed by atoms with E-state index in [1.807, 2.05) is 54.6 Å². The second-order valence-corrected chi connectivity index (χ2v) is 5.06. The van der Waals surface area contributed by atoms with Crippen molar-refractivity contribution in [2.24, 2.45) is 0 Å². The third-order valence-electron chi connectivity index (χ3n) is 3.18. The minimum atomic E-state index is -0.365. The van der Waals surface area contributed by atoms with Gasteiger partial charge >= 0.3 is 0 Å². The molecule has 0 spiro atoms. The summed E-state index contributed by atoms with van der Waals surface area (Å²) in [5.74, 6) is 0. The van der Waals surface area contributed by atoms with Gasteiger partial charge in [0.15, 0.2) is 0 Å². The molecule has 0 aliphatic carbocycles. The molecule has 0 aliphatic rings. The summed E-state index contributed by atoms with van der Waals surface area (Å²) in [5, 5.41) is 22.5. The molecule has 0 unspecified atom stereocenters.